The van der Waals surface area contributed by atoms with Crippen LogP contribution in [0.3, 0.4) is 0 Å². The van der Waals surface area contributed by atoms with E-state index >= 15 is 0 Å². The summed E-state index contributed by atoms with van der Waals surface area (Å²) in [4.78, 5) is 38.8. The number of nitrogens with zero attached hydrogens (tertiary/aromatic N) is 4. The van der Waals surface area contributed by atoms with Crippen molar-refractivity contribution in [2.75, 3.05) is 4.90 Å². The third-order valence-electron chi connectivity index (χ3n) is 6.01. The summed E-state index contributed by atoms with van der Waals surface area (Å²) in [5.74, 6) is -1.72. The summed E-state index contributed by atoms with van der Waals surface area (Å²) in [6, 6.07) is 20.9. The van der Waals surface area contributed by atoms with Gasteiger partial charge in [-0.15, -0.1) is 10.2 Å². The van der Waals surface area contributed by atoms with Crippen molar-refractivity contribution >= 4 is 63.3 Å². The van der Waals surface area contributed by atoms with Gasteiger partial charge in [0.25, 0.3) is 11.6 Å². The molecule has 1 amide bonds. The lowest BCUT2D eigenvalue weighted by atomic mass is 9.95. The van der Waals surface area contributed by atoms with Crippen LogP contribution in [0.2, 0.25) is 5.02 Å². The average Bonchev–Trinajstić information content (AvgIpc) is 3.53. The van der Waals surface area contributed by atoms with Gasteiger partial charge in [-0.3, -0.25) is 24.6 Å². The van der Waals surface area contributed by atoms with Crippen molar-refractivity contribution in [1.29, 1.82) is 0 Å². The van der Waals surface area contributed by atoms with Gasteiger partial charge >= 0.3 is 0 Å². The molecule has 0 fully saturated rings. The van der Waals surface area contributed by atoms with E-state index in [9.17, 15) is 24.8 Å². The van der Waals surface area contributed by atoms with Gasteiger partial charge < -0.3 is 5.11 Å². The topological polar surface area (TPSA) is 127 Å². The fourth-order valence-corrected chi connectivity index (χ4v) is 6.27. The first kappa shape index (κ1) is 27.3. The van der Waals surface area contributed by atoms with Gasteiger partial charge in [0.2, 0.25) is 5.13 Å². The number of thioether (sulfide) groups is 1. The monoisotopic (exact) mass is 590 g/mol. The fraction of sp³-hybridized carbons (Fsp3) is 0.0714. The third kappa shape index (κ3) is 5.67. The zero-order chi connectivity index (χ0) is 28.2. The molecule has 12 heteroatoms. The number of nitro groups is 1. The predicted octanol–water partition coefficient (Wildman–Crippen LogP) is 6.57. The molecule has 2 heterocycles. The Morgan fingerprint density at radius 2 is 1.85 bits per heavy atom. The lowest BCUT2D eigenvalue weighted by molar-refractivity contribution is -0.384. The Morgan fingerprint density at radius 3 is 2.60 bits per heavy atom. The molecule has 0 spiro atoms. The molecule has 1 N–H and O–H groups in total. The first-order chi connectivity index (χ1) is 19.3. The highest BCUT2D eigenvalue weighted by atomic mass is 35.5. The number of non-ortho nitro benzene ring substituents is 1. The maximum atomic E-state index is 13.4. The van der Waals surface area contributed by atoms with Gasteiger partial charge in [-0.25, -0.2) is 0 Å². The van der Waals surface area contributed by atoms with Crippen LogP contribution >= 0.6 is 34.7 Å². The van der Waals surface area contributed by atoms with E-state index in [1.807, 2.05) is 36.4 Å². The van der Waals surface area contributed by atoms with Crippen molar-refractivity contribution in [3.05, 3.63) is 128 Å². The summed E-state index contributed by atoms with van der Waals surface area (Å²) in [6.45, 7) is 0. The number of hydrogen-bond donors (Lipinski definition) is 1. The Kier molecular flexibility index (Phi) is 8.06. The van der Waals surface area contributed by atoms with Gasteiger partial charge in [-0.05, 0) is 28.8 Å². The summed E-state index contributed by atoms with van der Waals surface area (Å²) in [6.07, 6.45) is 2.82. The third-order valence-corrected chi connectivity index (χ3v) is 8.48. The lowest BCUT2D eigenvalue weighted by Gasteiger charge is -2.23. The molecule has 40 heavy (non-hydrogen) atoms. The highest BCUT2D eigenvalue weighted by molar-refractivity contribution is 8.00. The highest BCUT2D eigenvalue weighted by Crippen LogP contribution is 2.44. The van der Waals surface area contributed by atoms with Crippen molar-refractivity contribution in [3.63, 3.8) is 0 Å². The molecule has 3 aromatic carbocycles. The molecule has 1 atom stereocenters. The van der Waals surface area contributed by atoms with Crippen LogP contribution in [0, 0.1) is 10.1 Å². The number of nitro benzene ring substituents is 1. The molecule has 4 aromatic rings. The molecule has 0 saturated carbocycles. The van der Waals surface area contributed by atoms with Crippen LogP contribution in [0.4, 0.5) is 10.8 Å². The minimum atomic E-state index is -1.16. The number of amides is 1. The molecule has 0 bridgehead atoms. The van der Waals surface area contributed by atoms with Crippen molar-refractivity contribution in [2.24, 2.45) is 0 Å². The zero-order valence-electron chi connectivity index (χ0n) is 20.5. The SMILES string of the molecule is O=C(/C=C/c1ccccc1)C1=C(O)C(=O)N(c2nnc(SCc3ccccc3Cl)s2)C1c1cccc([N+](=O)[O-])c1. The van der Waals surface area contributed by atoms with Crippen molar-refractivity contribution in [1.82, 2.24) is 10.2 Å². The number of benzene rings is 3. The van der Waals surface area contributed by atoms with Crippen LogP contribution < -0.4 is 4.90 Å². The van der Waals surface area contributed by atoms with E-state index in [0.29, 0.717) is 15.1 Å². The van der Waals surface area contributed by atoms with Crippen molar-refractivity contribution in [3.8, 4) is 0 Å². The van der Waals surface area contributed by atoms with Crippen LogP contribution in [-0.2, 0) is 15.3 Å². The molecule has 1 unspecified atom stereocenters. The Hall–Kier alpha value is -4.32. The number of carbonyl (C=O) groups excluding carboxylic acids is 2. The number of hydrogen-bond acceptors (Lipinski definition) is 9. The minimum Gasteiger partial charge on any atom is -0.503 e. The highest BCUT2D eigenvalue weighted by Gasteiger charge is 2.45. The summed E-state index contributed by atoms with van der Waals surface area (Å²) in [5, 5.41) is 31.5. The standard InChI is InChI=1S/C28H19ClN4O5S2/c29-21-12-5-4-9-19(21)16-39-28-31-30-27(40-28)32-24(18-10-6-11-20(15-18)33(37)38)23(25(35)26(32)36)22(34)14-13-17-7-2-1-3-8-17/h1-15,24,35H,16H2/b14-13+. The quantitative estimate of drug-likeness (QED) is 0.0762. The van der Waals surface area contributed by atoms with Gasteiger partial charge in [-0.1, -0.05) is 101 Å². The number of halogens is 1. The number of allylic oxidation sites excluding steroid dienone is 1. The largest absolute Gasteiger partial charge is 0.503 e. The van der Waals surface area contributed by atoms with Gasteiger partial charge in [0.1, 0.15) is 0 Å². The number of anilines is 1. The van der Waals surface area contributed by atoms with E-state index < -0.39 is 28.4 Å². The number of rotatable bonds is 9. The van der Waals surface area contributed by atoms with Gasteiger partial charge in [0, 0.05) is 22.9 Å². The first-order valence-corrected chi connectivity index (χ1v) is 14.0. The summed E-state index contributed by atoms with van der Waals surface area (Å²) in [7, 11) is 0. The number of ketones is 1. The molecule has 0 saturated heterocycles. The molecule has 200 valence electrons. The van der Waals surface area contributed by atoms with E-state index in [-0.39, 0.29) is 22.0 Å². The van der Waals surface area contributed by atoms with Crippen LogP contribution in [0.25, 0.3) is 6.08 Å². The zero-order valence-corrected chi connectivity index (χ0v) is 22.9. The molecule has 1 aliphatic rings. The second-order valence-electron chi connectivity index (χ2n) is 8.53. The average molecular weight is 591 g/mol. The summed E-state index contributed by atoms with van der Waals surface area (Å²) < 4.78 is 0.531. The minimum absolute atomic E-state index is 0.129. The van der Waals surface area contributed by atoms with Crippen LogP contribution in [-0.4, -0.2) is 31.9 Å². The van der Waals surface area contributed by atoms with Gasteiger partial charge in [-0.2, -0.15) is 0 Å². The van der Waals surface area contributed by atoms with Crippen molar-refractivity contribution in [2.45, 2.75) is 16.1 Å². The first-order valence-electron chi connectivity index (χ1n) is 11.8. The maximum Gasteiger partial charge on any atom is 0.296 e. The molecule has 1 aliphatic heterocycles. The summed E-state index contributed by atoms with van der Waals surface area (Å²) in [5.41, 5.74) is 1.47. The molecule has 1 aromatic heterocycles. The molecule has 5 rings (SSSR count). The number of aromatic nitrogens is 2. The molecular formula is C28H19ClN4O5S2. The molecule has 9 nitrogen and oxygen atoms in total. The predicted molar refractivity (Wildman–Crippen MR) is 154 cm³/mol. The van der Waals surface area contributed by atoms with Crippen molar-refractivity contribution < 1.29 is 19.6 Å². The molecular weight excluding hydrogens is 572 g/mol. The molecule has 0 radical (unpaired) electrons. The lowest BCUT2D eigenvalue weighted by Crippen LogP contribution is -2.30. The Bertz CT molecular complexity index is 1670. The molecule has 0 aliphatic carbocycles. The Labute approximate surface area is 241 Å². The van der Waals surface area contributed by atoms with Gasteiger partial charge in [0.15, 0.2) is 15.9 Å². The van der Waals surface area contributed by atoms with Crippen LogP contribution in [0.1, 0.15) is 22.7 Å². The second-order valence-corrected chi connectivity index (χ2v) is 11.1. The Morgan fingerprint density at radius 1 is 1.10 bits per heavy atom. The fourth-order valence-electron chi connectivity index (χ4n) is 4.12. The van der Waals surface area contributed by atoms with Gasteiger partial charge in [0.05, 0.1) is 16.5 Å². The van der Waals surface area contributed by atoms with E-state index in [0.717, 1.165) is 27.4 Å². The van der Waals surface area contributed by atoms with E-state index in [2.05, 4.69) is 10.2 Å². The smallest absolute Gasteiger partial charge is 0.296 e. The Balaban J connectivity index is 1.50. The number of aliphatic hydroxyl groups is 1. The normalized spacial score (nSPS) is 15.3. The van der Waals surface area contributed by atoms with Crippen LogP contribution in [0.15, 0.2) is 101 Å². The number of aliphatic hydroxyl groups excluding tert-OH is 1. The second kappa shape index (κ2) is 11.8. The van der Waals surface area contributed by atoms with E-state index in [1.54, 1.807) is 30.3 Å². The van der Waals surface area contributed by atoms with E-state index in [4.69, 9.17) is 11.6 Å². The maximum absolute atomic E-state index is 13.4. The van der Waals surface area contributed by atoms with Crippen LogP contribution in [0.5, 0.6) is 0 Å². The number of carbonyl (C=O) groups is 2. The summed E-state index contributed by atoms with van der Waals surface area (Å²) >= 11 is 8.71. The van der Waals surface area contributed by atoms with E-state index in [1.165, 1.54) is 36.0 Å².